The number of likely N-dealkylation sites (tertiary alicyclic amines) is 1. The Bertz CT molecular complexity index is 1300. The summed E-state index contributed by atoms with van der Waals surface area (Å²) in [6.45, 7) is 6.20. The molecular formula is C29H30ClN3O2. The summed E-state index contributed by atoms with van der Waals surface area (Å²) in [7, 11) is 0. The van der Waals surface area contributed by atoms with E-state index >= 15 is 0 Å². The highest BCUT2D eigenvalue weighted by Gasteiger charge is 2.35. The molecule has 180 valence electrons. The summed E-state index contributed by atoms with van der Waals surface area (Å²) in [5.41, 5.74) is 5.95. The standard InChI is InChI=1S/C29H30ClN3O2/c30-26-6-2-20(3-7-26)19-35-28-9-10-33(29(34)13-28)27-8-5-22-11-21(1-4-23(22)12-27)16-32-17-24-14-31-15-25(24)18-32/h1-4,6-7,9-13,24-25,31H,5,8,14-19H2/t24-,25?/m1/s1. The van der Waals surface area contributed by atoms with Crippen molar-refractivity contribution >= 4 is 23.4 Å². The fourth-order valence-corrected chi connectivity index (χ4v) is 5.82. The number of pyridine rings is 1. The van der Waals surface area contributed by atoms with Gasteiger partial charge in [-0.15, -0.1) is 0 Å². The number of halogens is 1. The first-order chi connectivity index (χ1) is 17.1. The summed E-state index contributed by atoms with van der Waals surface area (Å²) in [4.78, 5) is 15.5. The molecule has 2 aromatic carbocycles. The number of fused-ring (bicyclic) bond motifs is 2. The first kappa shape index (κ1) is 22.6. The van der Waals surface area contributed by atoms with Gasteiger partial charge in [-0.05, 0) is 84.3 Å². The fourth-order valence-electron chi connectivity index (χ4n) is 5.69. The molecule has 6 rings (SSSR count). The van der Waals surface area contributed by atoms with Crippen LogP contribution in [0.3, 0.4) is 0 Å². The molecule has 1 aliphatic carbocycles. The molecule has 2 aliphatic heterocycles. The average Bonchev–Trinajstić information content (AvgIpc) is 3.45. The summed E-state index contributed by atoms with van der Waals surface area (Å²) in [5, 5.41) is 4.22. The van der Waals surface area contributed by atoms with Gasteiger partial charge in [0.15, 0.2) is 0 Å². The van der Waals surface area contributed by atoms with Crippen LogP contribution in [0.15, 0.2) is 65.6 Å². The van der Waals surface area contributed by atoms with Crippen LogP contribution in [-0.4, -0.2) is 35.6 Å². The van der Waals surface area contributed by atoms with E-state index in [0.717, 1.165) is 42.5 Å². The molecular weight excluding hydrogens is 458 g/mol. The van der Waals surface area contributed by atoms with E-state index in [2.05, 4.69) is 34.5 Å². The van der Waals surface area contributed by atoms with Crippen molar-refractivity contribution in [3.8, 4) is 5.75 Å². The van der Waals surface area contributed by atoms with Gasteiger partial charge in [0, 0.05) is 42.6 Å². The zero-order chi connectivity index (χ0) is 23.8. The lowest BCUT2D eigenvalue weighted by molar-refractivity contribution is 0.305. The number of ether oxygens (including phenoxy) is 1. The van der Waals surface area contributed by atoms with Crippen LogP contribution in [0.4, 0.5) is 0 Å². The van der Waals surface area contributed by atoms with Crippen molar-refractivity contribution in [3.63, 3.8) is 0 Å². The van der Waals surface area contributed by atoms with Crippen LogP contribution in [0.1, 0.15) is 28.7 Å². The number of allylic oxidation sites excluding steroid dienone is 1. The van der Waals surface area contributed by atoms with E-state index in [1.54, 1.807) is 10.6 Å². The molecule has 3 heterocycles. The third-order valence-electron chi connectivity index (χ3n) is 7.57. The maximum Gasteiger partial charge on any atom is 0.258 e. The molecule has 3 aromatic rings. The van der Waals surface area contributed by atoms with Gasteiger partial charge in [-0.25, -0.2) is 0 Å². The van der Waals surface area contributed by atoms with E-state index in [1.807, 2.05) is 36.5 Å². The second kappa shape index (κ2) is 9.65. The predicted molar refractivity (Wildman–Crippen MR) is 141 cm³/mol. The van der Waals surface area contributed by atoms with E-state index < -0.39 is 0 Å². The van der Waals surface area contributed by atoms with Gasteiger partial charge in [0.1, 0.15) is 12.4 Å². The van der Waals surface area contributed by atoms with E-state index in [4.69, 9.17) is 16.3 Å². The van der Waals surface area contributed by atoms with E-state index in [9.17, 15) is 4.79 Å². The van der Waals surface area contributed by atoms with Crippen LogP contribution in [-0.2, 0) is 19.6 Å². The molecule has 2 saturated heterocycles. The monoisotopic (exact) mass is 487 g/mol. The number of nitrogens with zero attached hydrogens (tertiary/aromatic N) is 2. The van der Waals surface area contributed by atoms with Gasteiger partial charge in [0.25, 0.3) is 5.56 Å². The fraction of sp³-hybridized carbons (Fsp3) is 0.345. The zero-order valence-electron chi connectivity index (χ0n) is 19.8. The summed E-state index contributed by atoms with van der Waals surface area (Å²) in [6.07, 6.45) is 5.78. The maximum atomic E-state index is 12.9. The molecule has 1 aromatic heterocycles. The number of hydrogen-bond acceptors (Lipinski definition) is 4. The number of hydrogen-bond donors (Lipinski definition) is 1. The summed E-state index contributed by atoms with van der Waals surface area (Å²) in [6, 6.07) is 17.8. The van der Waals surface area contributed by atoms with Crippen LogP contribution < -0.4 is 15.6 Å². The third kappa shape index (κ3) is 4.94. The number of aryl methyl sites for hydroxylation is 1. The Morgan fingerprint density at radius 3 is 2.49 bits per heavy atom. The SMILES string of the molecule is O=c1cc(OCc2ccc(Cl)cc2)ccn1C1=Cc2ccc(CN3CC4CNC[C@@H]4C3)cc2CC1. The molecule has 0 amide bonds. The smallest absolute Gasteiger partial charge is 0.258 e. The lowest BCUT2D eigenvalue weighted by Gasteiger charge is -2.21. The third-order valence-corrected chi connectivity index (χ3v) is 7.82. The van der Waals surface area contributed by atoms with E-state index in [-0.39, 0.29) is 5.56 Å². The first-order valence-corrected chi connectivity index (χ1v) is 12.8. The van der Waals surface area contributed by atoms with Crippen molar-refractivity contribution in [2.45, 2.75) is 26.0 Å². The molecule has 35 heavy (non-hydrogen) atoms. The summed E-state index contributed by atoms with van der Waals surface area (Å²) >= 11 is 5.94. The van der Waals surface area contributed by atoms with Crippen LogP contribution in [0.25, 0.3) is 11.8 Å². The molecule has 3 aliphatic rings. The van der Waals surface area contributed by atoms with Crippen molar-refractivity contribution < 1.29 is 4.74 Å². The summed E-state index contributed by atoms with van der Waals surface area (Å²) in [5.74, 6) is 2.22. The van der Waals surface area contributed by atoms with E-state index in [1.165, 1.54) is 42.9 Å². The minimum Gasteiger partial charge on any atom is -0.489 e. The van der Waals surface area contributed by atoms with Crippen molar-refractivity contribution in [1.29, 1.82) is 0 Å². The Morgan fingerprint density at radius 1 is 0.943 bits per heavy atom. The Hall–Kier alpha value is -2.86. The molecule has 2 fully saturated rings. The highest BCUT2D eigenvalue weighted by Crippen LogP contribution is 2.30. The second-order valence-electron chi connectivity index (χ2n) is 10.0. The van der Waals surface area contributed by atoms with Gasteiger partial charge in [-0.1, -0.05) is 41.9 Å². The Kier molecular flexibility index (Phi) is 6.23. The van der Waals surface area contributed by atoms with Gasteiger partial charge < -0.3 is 10.1 Å². The van der Waals surface area contributed by atoms with Crippen LogP contribution in [0, 0.1) is 11.8 Å². The minimum absolute atomic E-state index is 0.0704. The lowest BCUT2D eigenvalue weighted by Crippen LogP contribution is -2.25. The summed E-state index contributed by atoms with van der Waals surface area (Å²) < 4.78 is 7.56. The van der Waals surface area contributed by atoms with Gasteiger partial charge in [-0.3, -0.25) is 14.3 Å². The molecule has 2 atom stereocenters. The maximum absolute atomic E-state index is 12.9. The molecule has 5 nitrogen and oxygen atoms in total. The van der Waals surface area contributed by atoms with Crippen molar-refractivity contribution in [2.24, 2.45) is 11.8 Å². The number of rotatable bonds is 6. The average molecular weight is 488 g/mol. The molecule has 0 spiro atoms. The molecule has 6 heteroatoms. The molecule has 0 saturated carbocycles. The molecule has 1 unspecified atom stereocenters. The zero-order valence-corrected chi connectivity index (χ0v) is 20.5. The molecule has 0 bridgehead atoms. The number of aromatic nitrogens is 1. The van der Waals surface area contributed by atoms with Gasteiger partial charge in [0.2, 0.25) is 0 Å². The van der Waals surface area contributed by atoms with Crippen LogP contribution >= 0.6 is 11.6 Å². The van der Waals surface area contributed by atoms with Crippen molar-refractivity contribution in [2.75, 3.05) is 26.2 Å². The first-order valence-electron chi connectivity index (χ1n) is 12.5. The van der Waals surface area contributed by atoms with Gasteiger partial charge in [0.05, 0.1) is 0 Å². The largest absolute Gasteiger partial charge is 0.489 e. The van der Waals surface area contributed by atoms with Crippen molar-refractivity contribution in [1.82, 2.24) is 14.8 Å². The van der Waals surface area contributed by atoms with Gasteiger partial charge in [-0.2, -0.15) is 0 Å². The normalized spacial score (nSPS) is 21.5. The highest BCUT2D eigenvalue weighted by molar-refractivity contribution is 6.30. The number of benzene rings is 2. The lowest BCUT2D eigenvalue weighted by atomic mass is 9.93. The number of nitrogens with one attached hydrogen (secondary N) is 1. The Labute approximate surface area is 211 Å². The van der Waals surface area contributed by atoms with Crippen LogP contribution in [0.2, 0.25) is 5.02 Å². The topological polar surface area (TPSA) is 46.5 Å². The van der Waals surface area contributed by atoms with Crippen molar-refractivity contribution in [3.05, 3.63) is 98.4 Å². The second-order valence-corrected chi connectivity index (χ2v) is 10.5. The Morgan fingerprint density at radius 2 is 1.71 bits per heavy atom. The minimum atomic E-state index is -0.0704. The highest BCUT2D eigenvalue weighted by atomic mass is 35.5. The Balaban J connectivity index is 1.13. The molecule has 0 radical (unpaired) electrons. The van der Waals surface area contributed by atoms with Gasteiger partial charge >= 0.3 is 0 Å². The quantitative estimate of drug-likeness (QED) is 0.548. The predicted octanol–water partition coefficient (Wildman–Crippen LogP) is 4.68. The van der Waals surface area contributed by atoms with Crippen LogP contribution in [0.5, 0.6) is 5.75 Å². The van der Waals surface area contributed by atoms with E-state index in [0.29, 0.717) is 17.4 Å². The molecule has 1 N–H and O–H groups in total.